The number of carbonyl (C=O) groups excluding carboxylic acids is 1. The standard InChI is InChI=1S/C15H28N2O2/c1-16-15(9-5-2-6-10-15)11-14(19)17-12-7-3-4-8-13(12)18/h12-13,16,18H,2-11H2,1H3,(H,17,19). The molecule has 0 aromatic carbocycles. The van der Waals surface area contributed by atoms with Crippen molar-refractivity contribution < 1.29 is 9.90 Å². The summed E-state index contributed by atoms with van der Waals surface area (Å²) >= 11 is 0. The minimum Gasteiger partial charge on any atom is -0.391 e. The minimum absolute atomic E-state index is 0.0120. The summed E-state index contributed by atoms with van der Waals surface area (Å²) in [7, 11) is 1.97. The molecule has 0 spiro atoms. The molecule has 4 nitrogen and oxygen atoms in total. The van der Waals surface area contributed by atoms with E-state index in [4.69, 9.17) is 0 Å². The first-order chi connectivity index (χ1) is 9.15. The van der Waals surface area contributed by atoms with Crippen molar-refractivity contribution in [3.63, 3.8) is 0 Å². The third kappa shape index (κ3) is 3.93. The predicted octanol–water partition coefficient (Wildman–Crippen LogP) is 1.72. The lowest BCUT2D eigenvalue weighted by molar-refractivity contribution is -0.124. The molecule has 2 saturated carbocycles. The lowest BCUT2D eigenvalue weighted by Gasteiger charge is -2.37. The number of aliphatic hydroxyl groups is 1. The Bertz CT molecular complexity index is 301. The van der Waals surface area contributed by atoms with E-state index in [0.717, 1.165) is 38.5 Å². The van der Waals surface area contributed by atoms with Crippen molar-refractivity contribution >= 4 is 5.91 Å². The summed E-state index contributed by atoms with van der Waals surface area (Å²) in [5, 5.41) is 16.3. The molecule has 110 valence electrons. The van der Waals surface area contributed by atoms with Crippen LogP contribution in [0.1, 0.15) is 64.2 Å². The summed E-state index contributed by atoms with van der Waals surface area (Å²) in [6.45, 7) is 0. The number of rotatable bonds is 4. The Labute approximate surface area is 116 Å². The molecule has 0 heterocycles. The Balaban J connectivity index is 1.85. The fourth-order valence-corrected chi connectivity index (χ4v) is 3.59. The van der Waals surface area contributed by atoms with Crippen LogP contribution in [0.4, 0.5) is 0 Å². The Kier molecular flexibility index (Phi) is 5.22. The molecule has 19 heavy (non-hydrogen) atoms. The molecule has 2 rings (SSSR count). The van der Waals surface area contributed by atoms with Crippen molar-refractivity contribution in [2.24, 2.45) is 0 Å². The quantitative estimate of drug-likeness (QED) is 0.727. The highest BCUT2D eigenvalue weighted by Gasteiger charge is 2.34. The highest BCUT2D eigenvalue weighted by atomic mass is 16.3. The third-order valence-electron chi connectivity index (χ3n) is 4.92. The van der Waals surface area contributed by atoms with Gasteiger partial charge >= 0.3 is 0 Å². The number of nitrogens with one attached hydrogen (secondary N) is 2. The number of carbonyl (C=O) groups is 1. The average molecular weight is 268 g/mol. The molecule has 4 heteroatoms. The van der Waals surface area contributed by atoms with Crippen LogP contribution in [0, 0.1) is 0 Å². The second-order valence-electron chi connectivity index (χ2n) is 6.29. The zero-order valence-electron chi connectivity index (χ0n) is 12.1. The first-order valence-corrected chi connectivity index (χ1v) is 7.82. The maximum absolute atomic E-state index is 12.2. The van der Waals surface area contributed by atoms with Crippen LogP contribution in [0.2, 0.25) is 0 Å². The van der Waals surface area contributed by atoms with Gasteiger partial charge in [0.1, 0.15) is 0 Å². The molecule has 2 aliphatic rings. The average Bonchev–Trinajstić information content (AvgIpc) is 2.42. The van der Waals surface area contributed by atoms with Gasteiger partial charge in [-0.3, -0.25) is 4.79 Å². The van der Waals surface area contributed by atoms with Crippen molar-refractivity contribution in [3.05, 3.63) is 0 Å². The van der Waals surface area contributed by atoms with Gasteiger partial charge < -0.3 is 15.7 Å². The summed E-state index contributed by atoms with van der Waals surface area (Å²) < 4.78 is 0. The van der Waals surface area contributed by atoms with Crippen LogP contribution in [0.3, 0.4) is 0 Å². The highest BCUT2D eigenvalue weighted by molar-refractivity contribution is 5.77. The van der Waals surface area contributed by atoms with Crippen molar-refractivity contribution in [2.75, 3.05) is 7.05 Å². The summed E-state index contributed by atoms with van der Waals surface area (Å²) in [6, 6.07) is -0.0289. The van der Waals surface area contributed by atoms with Gasteiger partial charge in [0.25, 0.3) is 0 Å². The zero-order chi connectivity index (χ0) is 13.7. The van der Waals surface area contributed by atoms with Crippen molar-refractivity contribution in [1.82, 2.24) is 10.6 Å². The topological polar surface area (TPSA) is 61.4 Å². The van der Waals surface area contributed by atoms with Crippen LogP contribution in [0.15, 0.2) is 0 Å². The van der Waals surface area contributed by atoms with E-state index in [1.54, 1.807) is 0 Å². The van der Waals surface area contributed by atoms with Crippen LogP contribution in [-0.2, 0) is 4.79 Å². The SMILES string of the molecule is CNC1(CC(=O)NC2CCCCC2O)CCCCC1. The Hall–Kier alpha value is -0.610. The molecule has 2 fully saturated rings. The fraction of sp³-hybridized carbons (Fsp3) is 0.933. The van der Waals surface area contributed by atoms with Gasteiger partial charge in [-0.25, -0.2) is 0 Å². The summed E-state index contributed by atoms with van der Waals surface area (Å²) in [5.74, 6) is 0.0993. The molecule has 0 aliphatic heterocycles. The van der Waals surface area contributed by atoms with Gasteiger partial charge in [-0.1, -0.05) is 32.1 Å². The fourth-order valence-electron chi connectivity index (χ4n) is 3.59. The second kappa shape index (κ2) is 6.71. The molecular formula is C15H28N2O2. The van der Waals surface area contributed by atoms with Gasteiger partial charge in [-0.2, -0.15) is 0 Å². The van der Waals surface area contributed by atoms with E-state index in [-0.39, 0.29) is 23.6 Å². The molecule has 0 saturated heterocycles. The maximum atomic E-state index is 12.2. The van der Waals surface area contributed by atoms with Gasteiger partial charge in [0, 0.05) is 12.0 Å². The van der Waals surface area contributed by atoms with Gasteiger partial charge in [-0.05, 0) is 32.7 Å². The molecule has 0 aromatic heterocycles. The minimum atomic E-state index is -0.352. The van der Waals surface area contributed by atoms with E-state index < -0.39 is 0 Å². The maximum Gasteiger partial charge on any atom is 0.222 e. The summed E-state index contributed by atoms with van der Waals surface area (Å²) in [6.07, 6.45) is 10.00. The van der Waals surface area contributed by atoms with Gasteiger partial charge in [0.2, 0.25) is 5.91 Å². The largest absolute Gasteiger partial charge is 0.391 e. The number of hydrogen-bond acceptors (Lipinski definition) is 3. The highest BCUT2D eigenvalue weighted by Crippen LogP contribution is 2.31. The Morgan fingerprint density at radius 2 is 1.84 bits per heavy atom. The van der Waals surface area contributed by atoms with Crippen molar-refractivity contribution in [3.8, 4) is 0 Å². The summed E-state index contributed by atoms with van der Waals surface area (Å²) in [5.41, 5.74) is -0.0120. The zero-order valence-corrected chi connectivity index (χ0v) is 12.1. The lowest BCUT2D eigenvalue weighted by Crippen LogP contribution is -2.51. The lowest BCUT2D eigenvalue weighted by atomic mass is 9.79. The van der Waals surface area contributed by atoms with E-state index in [1.165, 1.54) is 19.3 Å². The number of amides is 1. The molecule has 2 unspecified atom stereocenters. The molecule has 0 aromatic rings. The second-order valence-corrected chi connectivity index (χ2v) is 6.29. The smallest absolute Gasteiger partial charge is 0.222 e. The van der Waals surface area contributed by atoms with Crippen LogP contribution >= 0.6 is 0 Å². The van der Waals surface area contributed by atoms with Gasteiger partial charge in [-0.15, -0.1) is 0 Å². The molecule has 2 aliphatic carbocycles. The van der Waals surface area contributed by atoms with E-state index >= 15 is 0 Å². The molecule has 3 N–H and O–H groups in total. The third-order valence-corrected chi connectivity index (χ3v) is 4.92. The first kappa shape index (κ1) is 14.8. The van der Waals surface area contributed by atoms with E-state index in [2.05, 4.69) is 10.6 Å². The monoisotopic (exact) mass is 268 g/mol. The van der Waals surface area contributed by atoms with Crippen LogP contribution in [0.25, 0.3) is 0 Å². The van der Waals surface area contributed by atoms with Crippen molar-refractivity contribution in [1.29, 1.82) is 0 Å². The van der Waals surface area contributed by atoms with Gasteiger partial charge in [0.05, 0.1) is 12.1 Å². The molecule has 2 atom stereocenters. The Morgan fingerprint density at radius 3 is 2.47 bits per heavy atom. The van der Waals surface area contributed by atoms with Crippen molar-refractivity contribution in [2.45, 2.75) is 81.9 Å². The van der Waals surface area contributed by atoms with Gasteiger partial charge in [0.15, 0.2) is 0 Å². The number of hydrogen-bond donors (Lipinski definition) is 3. The van der Waals surface area contributed by atoms with Crippen LogP contribution in [0.5, 0.6) is 0 Å². The number of aliphatic hydroxyl groups excluding tert-OH is 1. The van der Waals surface area contributed by atoms with Crippen LogP contribution in [-0.4, -0.2) is 35.7 Å². The molecule has 0 radical (unpaired) electrons. The summed E-state index contributed by atoms with van der Waals surface area (Å²) in [4.78, 5) is 12.2. The predicted molar refractivity (Wildman–Crippen MR) is 75.9 cm³/mol. The Morgan fingerprint density at radius 1 is 1.16 bits per heavy atom. The first-order valence-electron chi connectivity index (χ1n) is 7.82. The van der Waals surface area contributed by atoms with E-state index in [0.29, 0.717) is 6.42 Å². The van der Waals surface area contributed by atoms with E-state index in [9.17, 15) is 9.90 Å². The van der Waals surface area contributed by atoms with E-state index in [1.807, 2.05) is 7.05 Å². The normalized spacial score (nSPS) is 30.8. The van der Waals surface area contributed by atoms with Crippen LogP contribution < -0.4 is 10.6 Å². The molecule has 0 bridgehead atoms. The molecular weight excluding hydrogens is 240 g/mol. The molecule has 1 amide bonds.